The maximum atomic E-state index is 15.0. The predicted molar refractivity (Wildman–Crippen MR) is 402 cm³/mol. The Balaban J connectivity index is 2.10. The number of phenolic OH excluding ortho intramolecular Hbond substituents is 2. The maximum Gasteiger partial charge on any atom is 0.326 e. The van der Waals surface area contributed by atoms with Crippen LogP contribution in [0.3, 0.4) is 0 Å². The summed E-state index contributed by atoms with van der Waals surface area (Å²) in [7, 11) is 0. The molecular weight excluding hydrogens is 1470 g/mol. The standard InChI is InChI=1S/C69H108N24O19/c1-6-35(4)54(64(108)91-50(66(110)111)29-39-32-78-33-82-39)92-65(109)55(36(5)94)93-63(107)48(28-38-15-19-41(96)20-16-38)89-60(104)46(26-34(2)3)87-57(101)44(12-9-25-81-69(77)112)85-61(105)47(27-37-13-17-40(95)18-14-37)88-58(102)43(11-8-24-80-68(75)76)84-59(103)45(21-22-51(71)97)86-62(106)49(30-52(72)98)90-56(100)42(83-53(99)31-70)10-7-23-79-67(73)74/h13-20,32-36,42-50,54-55,94-96H,6-12,21-31,70H2,1-5H3,(H2,71,97)(H2,72,98)(H,78,82)(H,83,99)(H,84,103)(H,85,105)(H,86,106)(H,87,101)(H,88,102)(H,89,104)(H,90,100)(H,91,108)(H,92,109)(H,93,107)(H,110,111)(H4,73,74,79)(H4,75,76,80)(H3,77,81,112)/t35-,36+,42-,43-,44-,45-,46-,47-,48-,49-,50-,54-,55-/m0/s1. The number of phenols is 2. The number of aromatic amines is 1. The smallest absolute Gasteiger partial charge is 0.326 e. The molecule has 0 spiro atoms. The molecule has 33 N–H and O–H groups in total. The fourth-order valence-electron chi connectivity index (χ4n) is 11.0. The number of aromatic nitrogens is 2. The van der Waals surface area contributed by atoms with Crippen molar-refractivity contribution in [3.8, 4) is 11.5 Å². The summed E-state index contributed by atoms with van der Waals surface area (Å²) < 4.78 is 0. The number of carboxylic acid groups (broad SMARTS) is 1. The van der Waals surface area contributed by atoms with Crippen molar-refractivity contribution in [2.24, 2.45) is 46.2 Å². The van der Waals surface area contributed by atoms with Gasteiger partial charge in [-0.15, -0.1) is 0 Å². The van der Waals surface area contributed by atoms with Crippen LogP contribution in [-0.4, -0.2) is 230 Å². The number of amides is 15. The van der Waals surface area contributed by atoms with Crippen LogP contribution >= 0.6 is 0 Å². The summed E-state index contributed by atoms with van der Waals surface area (Å²) >= 11 is 0. The first-order chi connectivity index (χ1) is 52.8. The molecule has 0 radical (unpaired) electrons. The quantitative estimate of drug-likeness (QED) is 0.0142. The number of aromatic hydroxyl groups is 2. The van der Waals surface area contributed by atoms with E-state index in [4.69, 9.17) is 45.2 Å². The lowest BCUT2D eigenvalue weighted by molar-refractivity contribution is -0.143. The highest BCUT2D eigenvalue weighted by atomic mass is 16.4. The van der Waals surface area contributed by atoms with Gasteiger partial charge in [0.15, 0.2) is 11.9 Å². The van der Waals surface area contributed by atoms with Gasteiger partial charge in [-0.25, -0.2) is 14.6 Å². The van der Waals surface area contributed by atoms with Crippen molar-refractivity contribution < 1.29 is 92.3 Å². The molecule has 0 aliphatic carbocycles. The zero-order valence-corrected chi connectivity index (χ0v) is 62.9. The van der Waals surface area contributed by atoms with Crippen LogP contribution in [0.15, 0.2) is 61.1 Å². The monoisotopic (exact) mass is 1580 g/mol. The summed E-state index contributed by atoms with van der Waals surface area (Å²) in [5.74, 6) is -17.5. The normalized spacial score (nSPS) is 14.5. The number of benzene rings is 2. The van der Waals surface area contributed by atoms with E-state index >= 15 is 4.79 Å². The summed E-state index contributed by atoms with van der Waals surface area (Å²) in [6.45, 7) is 7.04. The summed E-state index contributed by atoms with van der Waals surface area (Å²) in [6, 6.07) is -8.44. The Morgan fingerprint density at radius 2 is 0.848 bits per heavy atom. The number of hydrogen-bond acceptors (Lipinski definition) is 22. The molecule has 13 atom stereocenters. The van der Waals surface area contributed by atoms with E-state index in [1.54, 1.807) is 27.7 Å². The van der Waals surface area contributed by atoms with E-state index in [-0.39, 0.29) is 101 Å². The fraction of sp³-hybridized carbons (Fsp3) is 0.536. The third-order valence-corrected chi connectivity index (χ3v) is 17.2. The Bertz CT molecular complexity index is 3700. The Labute approximate surface area is 644 Å². The highest BCUT2D eigenvalue weighted by Crippen LogP contribution is 2.18. The lowest BCUT2D eigenvalue weighted by Crippen LogP contribution is -2.62. The van der Waals surface area contributed by atoms with E-state index in [9.17, 15) is 87.5 Å². The maximum absolute atomic E-state index is 15.0. The van der Waals surface area contributed by atoms with Gasteiger partial charge in [0.05, 0.1) is 25.4 Å². The van der Waals surface area contributed by atoms with Gasteiger partial charge in [-0.1, -0.05) is 58.4 Å². The van der Waals surface area contributed by atoms with Gasteiger partial charge in [-0.05, 0) is 106 Å². The fourth-order valence-corrected chi connectivity index (χ4v) is 11.0. The average Bonchev–Trinajstić information content (AvgIpc) is 0.921. The Kier molecular flexibility index (Phi) is 40.3. The number of hydrogen-bond donors (Lipinski definition) is 27. The molecule has 1 heterocycles. The highest BCUT2D eigenvalue weighted by molar-refractivity contribution is 6.00. The van der Waals surface area contributed by atoms with E-state index < -0.39 is 217 Å². The van der Waals surface area contributed by atoms with Gasteiger partial charge >= 0.3 is 12.0 Å². The first-order valence-electron chi connectivity index (χ1n) is 36.0. The van der Waals surface area contributed by atoms with Crippen LogP contribution in [0.2, 0.25) is 0 Å². The van der Waals surface area contributed by atoms with Crippen LogP contribution in [0.25, 0.3) is 0 Å². The lowest BCUT2D eigenvalue weighted by atomic mass is 9.96. The van der Waals surface area contributed by atoms with E-state index in [2.05, 4.69) is 84.4 Å². The molecule has 43 heteroatoms. The molecule has 2 aromatic carbocycles. The van der Waals surface area contributed by atoms with Gasteiger partial charge in [0, 0.05) is 57.2 Å². The van der Waals surface area contributed by atoms with Crippen LogP contribution < -0.4 is 109 Å². The number of carbonyl (C=O) groups is 15. The molecule has 0 aliphatic rings. The van der Waals surface area contributed by atoms with Crippen molar-refractivity contribution in [3.05, 3.63) is 77.9 Å². The number of H-pyrrole nitrogens is 1. The van der Waals surface area contributed by atoms with E-state index in [0.717, 1.165) is 6.92 Å². The zero-order chi connectivity index (χ0) is 83.9. The number of aliphatic carboxylic acids is 1. The number of aliphatic hydroxyl groups is 1. The lowest BCUT2D eigenvalue weighted by Gasteiger charge is -2.30. The predicted octanol–water partition coefficient (Wildman–Crippen LogP) is -7.19. The third-order valence-electron chi connectivity index (χ3n) is 17.2. The molecule has 0 fully saturated rings. The number of nitrogens with one attached hydrogen (secondary N) is 17. The molecule has 15 amide bonds. The molecule has 618 valence electrons. The van der Waals surface area contributed by atoms with Gasteiger partial charge in [0.1, 0.15) is 78.0 Å². The van der Waals surface area contributed by atoms with Gasteiger partial charge in [-0.2, -0.15) is 0 Å². The number of urea groups is 1. The molecular formula is C69H108N24O19. The van der Waals surface area contributed by atoms with E-state index in [1.165, 1.54) is 61.1 Å². The molecule has 0 saturated heterocycles. The third kappa shape index (κ3) is 35.3. The van der Waals surface area contributed by atoms with Crippen LogP contribution in [0.5, 0.6) is 11.5 Å². The van der Waals surface area contributed by atoms with Crippen molar-refractivity contribution in [3.63, 3.8) is 0 Å². The van der Waals surface area contributed by atoms with Crippen molar-refractivity contribution in [1.82, 2.24) is 84.4 Å². The van der Waals surface area contributed by atoms with Crippen LogP contribution in [0.4, 0.5) is 4.79 Å². The number of imidazole rings is 1. The second kappa shape index (κ2) is 48.2. The van der Waals surface area contributed by atoms with Gasteiger partial charge in [0.2, 0.25) is 76.8 Å². The van der Waals surface area contributed by atoms with E-state index in [0.29, 0.717) is 11.3 Å². The minimum Gasteiger partial charge on any atom is -0.508 e. The second-order valence-electron chi connectivity index (χ2n) is 27.0. The van der Waals surface area contributed by atoms with Gasteiger partial charge in [-0.3, -0.25) is 73.1 Å². The average molecular weight is 1580 g/mol. The topological polar surface area (TPSA) is 738 Å². The largest absolute Gasteiger partial charge is 0.508 e. The molecule has 43 nitrogen and oxygen atoms in total. The van der Waals surface area contributed by atoms with Crippen LogP contribution in [-0.2, 0) is 86.4 Å². The summed E-state index contributed by atoms with van der Waals surface area (Å²) in [5, 5.41) is 91.3. The van der Waals surface area contributed by atoms with Gasteiger partial charge in [0.25, 0.3) is 0 Å². The summed E-state index contributed by atoms with van der Waals surface area (Å²) in [5.41, 5.74) is 33.6. The number of nitrogens with two attached hydrogens (primary N) is 6. The first-order valence-corrected chi connectivity index (χ1v) is 36.0. The number of rotatable bonds is 51. The van der Waals surface area contributed by atoms with Gasteiger partial charge < -0.3 is 134 Å². The first kappa shape index (κ1) is 93.8. The van der Waals surface area contributed by atoms with Crippen LogP contribution in [0.1, 0.15) is 122 Å². The Hall–Kier alpha value is -12.4. The number of aliphatic hydroxyl groups excluding tert-OH is 1. The number of carbonyl (C=O) groups excluding carboxylic acids is 14. The van der Waals surface area contributed by atoms with Crippen molar-refractivity contribution in [2.75, 3.05) is 26.2 Å². The highest BCUT2D eigenvalue weighted by Gasteiger charge is 2.39. The Morgan fingerprint density at radius 1 is 0.464 bits per heavy atom. The molecule has 0 saturated carbocycles. The molecule has 0 aliphatic heterocycles. The summed E-state index contributed by atoms with van der Waals surface area (Å²) in [4.78, 5) is 213. The molecule has 112 heavy (non-hydrogen) atoms. The molecule has 3 aromatic rings. The minimum absolute atomic E-state index is 0.0622. The number of primary amides is 3. The zero-order valence-electron chi connectivity index (χ0n) is 62.9. The SMILES string of the molecule is CC[C@H](C)[C@H](NC(=O)[C@@H](NC(=O)[C@H](Cc1ccc(O)cc1)NC(=O)[C@H](CC(C)C)NC(=O)[C@H](CCCNC(N)=O)NC(=O)[C@H](Cc1ccc(O)cc1)NC(=O)[C@H](CCCNC(=N)N)NC(=O)[C@H](CCC(N)=O)NC(=O)[C@H](CC(N)=O)NC(=O)[C@H](CCCNC(=N)N)NC(=O)CN)[C@@H](C)O)C(=O)N[C@@H](Cc1cnc[nH]1)C(=O)O. The number of carboxylic acids is 1. The van der Waals surface area contributed by atoms with Crippen molar-refractivity contribution in [2.45, 2.75) is 197 Å². The number of nitrogens with zero attached hydrogens (tertiary/aromatic N) is 1. The minimum atomic E-state index is -1.86. The van der Waals surface area contributed by atoms with E-state index in [1.807, 2.05) is 0 Å². The van der Waals surface area contributed by atoms with Crippen molar-refractivity contribution >= 4 is 101 Å². The van der Waals surface area contributed by atoms with Crippen molar-refractivity contribution in [1.29, 1.82) is 10.8 Å². The molecule has 1 aromatic heterocycles. The molecule has 0 unspecified atom stereocenters. The molecule has 3 rings (SSSR count). The van der Waals surface area contributed by atoms with Crippen LogP contribution in [0, 0.1) is 22.7 Å². The summed E-state index contributed by atoms with van der Waals surface area (Å²) in [6.07, 6.45) is -2.80. The molecule has 0 bridgehead atoms. The Morgan fingerprint density at radius 3 is 1.25 bits per heavy atom. The number of guanidine groups is 2. The second-order valence-corrected chi connectivity index (χ2v) is 27.0.